The summed E-state index contributed by atoms with van der Waals surface area (Å²) < 4.78 is 11.5. The summed E-state index contributed by atoms with van der Waals surface area (Å²) in [6.07, 6.45) is 12.8. The molecule has 0 aromatic carbocycles. The van der Waals surface area contributed by atoms with E-state index in [2.05, 4.69) is 38.3 Å². The van der Waals surface area contributed by atoms with Crippen LogP contribution in [0.3, 0.4) is 0 Å². The predicted molar refractivity (Wildman–Crippen MR) is 105 cm³/mol. The zero-order chi connectivity index (χ0) is 15.8. The summed E-state index contributed by atoms with van der Waals surface area (Å²) in [4.78, 5) is 0. The van der Waals surface area contributed by atoms with E-state index >= 15 is 0 Å². The molecule has 0 heterocycles. The summed E-state index contributed by atoms with van der Waals surface area (Å²) in [7, 11) is 0. The zero-order valence-corrected chi connectivity index (χ0v) is 16.9. The average Bonchev–Trinajstić information content (AvgIpc) is 2.45. The van der Waals surface area contributed by atoms with Gasteiger partial charge in [-0.05, 0) is 0 Å². The Morgan fingerprint density at radius 2 is 0.905 bits per heavy atom. The van der Waals surface area contributed by atoms with E-state index in [-0.39, 0.29) is 0 Å². The molecule has 0 radical (unpaired) electrons. The molecule has 0 atom stereocenters. The van der Waals surface area contributed by atoms with Crippen molar-refractivity contribution in [3.8, 4) is 0 Å². The molecule has 0 unspecified atom stereocenters. The average molecular weight is 357 g/mol. The SMILES string of the molecule is CCCCCCCCO[PH](S)(S)OCCCCCCCC. The van der Waals surface area contributed by atoms with Crippen LogP contribution in [-0.2, 0) is 9.05 Å². The minimum absolute atomic E-state index is 0.738. The van der Waals surface area contributed by atoms with Crippen molar-refractivity contribution in [2.45, 2.75) is 90.9 Å². The van der Waals surface area contributed by atoms with Crippen molar-refractivity contribution < 1.29 is 9.05 Å². The Bertz CT molecular complexity index is 196. The van der Waals surface area contributed by atoms with Crippen LogP contribution in [-0.4, -0.2) is 13.2 Å². The molecule has 0 spiro atoms. The van der Waals surface area contributed by atoms with E-state index in [1.807, 2.05) is 0 Å². The Balaban J connectivity index is 3.35. The summed E-state index contributed by atoms with van der Waals surface area (Å²) in [6.45, 7) is 5.96. The van der Waals surface area contributed by atoms with Crippen molar-refractivity contribution in [2.24, 2.45) is 0 Å². The van der Waals surface area contributed by atoms with Gasteiger partial charge in [-0.3, -0.25) is 0 Å². The van der Waals surface area contributed by atoms with Crippen LogP contribution >= 0.6 is 30.6 Å². The predicted octanol–water partition coefficient (Wildman–Crippen LogP) is 7.01. The van der Waals surface area contributed by atoms with Gasteiger partial charge in [0.15, 0.2) is 0 Å². The summed E-state index contributed by atoms with van der Waals surface area (Å²) >= 11 is 8.92. The molecule has 0 saturated heterocycles. The first-order chi connectivity index (χ1) is 10.1. The summed E-state index contributed by atoms with van der Waals surface area (Å²) in [6, 6.07) is 0. The molecule has 0 aromatic heterocycles. The molecule has 0 aliphatic rings. The third-order valence-corrected chi connectivity index (χ3v) is 6.29. The fraction of sp³-hybridized carbons (Fsp3) is 1.00. The molecule has 0 fully saturated rings. The number of hydrogen-bond acceptors (Lipinski definition) is 4. The van der Waals surface area contributed by atoms with Crippen LogP contribution < -0.4 is 0 Å². The van der Waals surface area contributed by atoms with E-state index in [1.165, 1.54) is 64.2 Å². The van der Waals surface area contributed by atoms with Crippen molar-refractivity contribution >= 4 is 30.6 Å². The van der Waals surface area contributed by atoms with Gasteiger partial charge in [0.25, 0.3) is 0 Å². The first kappa shape index (κ1) is 22.1. The van der Waals surface area contributed by atoms with Gasteiger partial charge in [0, 0.05) is 0 Å². The van der Waals surface area contributed by atoms with E-state index in [0.717, 1.165) is 26.1 Å². The molecule has 0 aliphatic carbocycles. The first-order valence-corrected chi connectivity index (χ1v) is 13.2. The molecule has 2 nitrogen and oxygen atoms in total. The summed E-state index contributed by atoms with van der Waals surface area (Å²) in [5.74, 6) is 0. The number of unbranched alkanes of at least 4 members (excludes halogenated alkanes) is 10. The van der Waals surface area contributed by atoms with Crippen LogP contribution in [0, 0.1) is 0 Å². The zero-order valence-electron chi connectivity index (χ0n) is 14.1. The number of thiol groups is 2. The summed E-state index contributed by atoms with van der Waals surface area (Å²) in [5, 5.41) is 0. The van der Waals surface area contributed by atoms with Crippen LogP contribution in [0.1, 0.15) is 90.9 Å². The Kier molecular flexibility index (Phi) is 16.7. The Morgan fingerprint density at radius 1 is 0.571 bits per heavy atom. The molecule has 0 rings (SSSR count). The molecule has 0 aliphatic heterocycles. The van der Waals surface area contributed by atoms with Crippen molar-refractivity contribution in [2.75, 3.05) is 13.2 Å². The van der Waals surface area contributed by atoms with E-state index < -0.39 is 6.12 Å². The molecule has 21 heavy (non-hydrogen) atoms. The Hall–Kier alpha value is 1.05. The molecule has 0 amide bonds. The van der Waals surface area contributed by atoms with Crippen LogP contribution in [0.2, 0.25) is 0 Å². The Labute approximate surface area is 144 Å². The van der Waals surface area contributed by atoms with Crippen LogP contribution in [0.15, 0.2) is 0 Å². The van der Waals surface area contributed by atoms with Gasteiger partial charge >= 0.3 is 144 Å². The van der Waals surface area contributed by atoms with Crippen molar-refractivity contribution in [1.82, 2.24) is 0 Å². The van der Waals surface area contributed by atoms with Crippen LogP contribution in [0.5, 0.6) is 0 Å². The van der Waals surface area contributed by atoms with Crippen molar-refractivity contribution in [3.63, 3.8) is 0 Å². The molecule has 0 saturated carbocycles. The molecular weight excluding hydrogens is 319 g/mol. The fourth-order valence-corrected chi connectivity index (χ4v) is 4.22. The Morgan fingerprint density at radius 3 is 1.29 bits per heavy atom. The topological polar surface area (TPSA) is 18.5 Å². The molecule has 0 bridgehead atoms. The standard InChI is InChI=1S/C16H37O2PS2/c1-3-5-7-9-11-13-15-17-19(20,21)18-16-14-12-10-8-6-4-2/h19-21H,3-16H2,1-2H3. The van der Waals surface area contributed by atoms with Gasteiger partial charge in [0.2, 0.25) is 0 Å². The van der Waals surface area contributed by atoms with Gasteiger partial charge < -0.3 is 0 Å². The second kappa shape index (κ2) is 15.9. The van der Waals surface area contributed by atoms with E-state index in [9.17, 15) is 0 Å². The fourth-order valence-electron chi connectivity index (χ4n) is 2.22. The second-order valence-electron chi connectivity index (χ2n) is 5.78. The van der Waals surface area contributed by atoms with Gasteiger partial charge in [0.1, 0.15) is 0 Å². The molecule has 130 valence electrons. The second-order valence-corrected chi connectivity index (χ2v) is 12.0. The quantitative estimate of drug-likeness (QED) is 0.176. The van der Waals surface area contributed by atoms with Gasteiger partial charge in [-0.15, -0.1) is 0 Å². The third-order valence-electron chi connectivity index (χ3n) is 3.58. The number of hydrogen-bond donors (Lipinski definition) is 2. The first-order valence-electron chi connectivity index (χ1n) is 8.85. The van der Waals surface area contributed by atoms with Gasteiger partial charge in [-0.1, -0.05) is 0 Å². The maximum atomic E-state index is 5.73. The van der Waals surface area contributed by atoms with E-state index in [4.69, 9.17) is 9.05 Å². The molecule has 5 heteroatoms. The molecule has 0 aromatic rings. The van der Waals surface area contributed by atoms with Crippen molar-refractivity contribution in [3.05, 3.63) is 0 Å². The normalized spacial score (nSPS) is 12.8. The van der Waals surface area contributed by atoms with Gasteiger partial charge in [-0.25, -0.2) is 0 Å². The maximum absolute atomic E-state index is 5.73. The molecule has 0 N–H and O–H groups in total. The molecular formula is C16H37O2PS2. The number of rotatable bonds is 16. The van der Waals surface area contributed by atoms with Crippen molar-refractivity contribution in [1.29, 1.82) is 0 Å². The third kappa shape index (κ3) is 17.2. The monoisotopic (exact) mass is 356 g/mol. The van der Waals surface area contributed by atoms with Crippen LogP contribution in [0.25, 0.3) is 0 Å². The van der Waals surface area contributed by atoms with E-state index in [0.29, 0.717) is 0 Å². The van der Waals surface area contributed by atoms with Gasteiger partial charge in [-0.2, -0.15) is 0 Å². The summed E-state index contributed by atoms with van der Waals surface area (Å²) in [5.41, 5.74) is 0. The van der Waals surface area contributed by atoms with Gasteiger partial charge in [0.05, 0.1) is 0 Å². The minimum atomic E-state index is -2.47. The van der Waals surface area contributed by atoms with Crippen LogP contribution in [0.4, 0.5) is 0 Å². The van der Waals surface area contributed by atoms with E-state index in [1.54, 1.807) is 0 Å².